The first-order chi connectivity index (χ1) is 17.4. The van der Waals surface area contributed by atoms with Crippen LogP contribution in [0.1, 0.15) is 44.5 Å². The molecular formula is C26H32F2N7OS+. The molecule has 0 spiro atoms. The number of aryl methyl sites for hydroxylation is 1. The smallest absolute Gasteiger partial charge is 0.258 e. The third kappa shape index (κ3) is 5.86. The van der Waals surface area contributed by atoms with Gasteiger partial charge in [-0.25, -0.2) is 23.4 Å². The van der Waals surface area contributed by atoms with E-state index in [1.165, 1.54) is 4.68 Å². The quantitative estimate of drug-likeness (QED) is 0.388. The lowest BCUT2D eigenvalue weighted by Crippen LogP contribution is -2.36. The molecule has 4 rings (SSSR count). The second-order valence-electron chi connectivity index (χ2n) is 10.4. The Morgan fingerprint density at radius 1 is 1.32 bits per heavy atom. The molecule has 0 bridgehead atoms. The van der Waals surface area contributed by atoms with Crippen LogP contribution in [0.3, 0.4) is 0 Å². The van der Waals surface area contributed by atoms with E-state index < -0.39 is 13.0 Å². The van der Waals surface area contributed by atoms with Crippen LogP contribution in [0.5, 0.6) is 0 Å². The van der Waals surface area contributed by atoms with Crippen LogP contribution >= 0.6 is 0 Å². The molecule has 0 amide bonds. The number of aromatic nitrogens is 4. The standard InChI is InChI=1S/C26H32F2N7OS/c1-16-9-22(35(34-16)13-21(27)28)33-24-30-8-7-20(32-24)17-10-18(12-29)23-19(11-17)26(5,14-31-23)15-36-37(6)25(2,3)4/h7-11,21,31H,13-15H2,1-6H3,(H,30,32,33)/q+1/t26-,37?/m1/s1. The van der Waals surface area contributed by atoms with Crippen LogP contribution in [0.4, 0.5) is 26.2 Å². The molecule has 3 heterocycles. The summed E-state index contributed by atoms with van der Waals surface area (Å²) in [6, 6.07) is 9.57. The third-order valence-corrected chi connectivity index (χ3v) is 8.58. The van der Waals surface area contributed by atoms with Crippen LogP contribution in [0, 0.1) is 18.3 Å². The Morgan fingerprint density at radius 3 is 2.76 bits per heavy atom. The zero-order valence-electron chi connectivity index (χ0n) is 21.9. The molecule has 2 aromatic heterocycles. The minimum atomic E-state index is -2.54. The molecule has 2 atom stereocenters. The van der Waals surface area contributed by atoms with Gasteiger partial charge in [-0.15, -0.1) is 0 Å². The summed E-state index contributed by atoms with van der Waals surface area (Å²) in [6.45, 7) is 11.0. The Balaban J connectivity index is 1.65. The van der Waals surface area contributed by atoms with E-state index in [1.54, 1.807) is 31.3 Å². The molecule has 1 unspecified atom stereocenters. The normalized spacial score (nSPS) is 17.8. The fourth-order valence-corrected chi connectivity index (χ4v) is 4.85. The van der Waals surface area contributed by atoms with Crippen LogP contribution in [-0.2, 0) is 27.3 Å². The van der Waals surface area contributed by atoms with Crippen LogP contribution in [0.25, 0.3) is 11.3 Å². The molecular weight excluding hydrogens is 496 g/mol. The second kappa shape index (κ2) is 10.3. The van der Waals surface area contributed by atoms with Crippen molar-refractivity contribution in [3.8, 4) is 17.3 Å². The highest BCUT2D eigenvalue weighted by Crippen LogP contribution is 2.42. The van der Waals surface area contributed by atoms with Crippen molar-refractivity contribution >= 4 is 28.6 Å². The second-order valence-corrected chi connectivity index (χ2v) is 12.8. The van der Waals surface area contributed by atoms with Gasteiger partial charge in [0, 0.05) is 29.8 Å². The summed E-state index contributed by atoms with van der Waals surface area (Å²) in [5, 5.41) is 20.4. The summed E-state index contributed by atoms with van der Waals surface area (Å²) >= 11 is -0.237. The first kappa shape index (κ1) is 26.8. The lowest BCUT2D eigenvalue weighted by Gasteiger charge is -2.25. The minimum Gasteiger partial charge on any atom is -0.383 e. The molecule has 1 aromatic carbocycles. The Morgan fingerprint density at radius 2 is 2.08 bits per heavy atom. The Bertz CT molecular complexity index is 1330. The van der Waals surface area contributed by atoms with Crippen molar-refractivity contribution < 1.29 is 13.0 Å². The van der Waals surface area contributed by atoms with Gasteiger partial charge >= 0.3 is 0 Å². The number of hydrogen-bond donors (Lipinski definition) is 2. The summed E-state index contributed by atoms with van der Waals surface area (Å²) in [6.07, 6.45) is 1.16. The number of fused-ring (bicyclic) bond motifs is 1. The summed E-state index contributed by atoms with van der Waals surface area (Å²) in [5.74, 6) is 0.626. The highest BCUT2D eigenvalue weighted by molar-refractivity contribution is 7.93. The van der Waals surface area contributed by atoms with E-state index in [1.807, 2.05) is 6.07 Å². The van der Waals surface area contributed by atoms with Gasteiger partial charge in [0.25, 0.3) is 6.43 Å². The molecule has 11 heteroatoms. The largest absolute Gasteiger partial charge is 0.383 e. The maximum Gasteiger partial charge on any atom is 0.258 e. The maximum atomic E-state index is 13.0. The van der Waals surface area contributed by atoms with Gasteiger partial charge in [0.1, 0.15) is 42.5 Å². The molecule has 37 heavy (non-hydrogen) atoms. The van der Waals surface area contributed by atoms with Crippen molar-refractivity contribution in [3.05, 3.63) is 47.3 Å². The number of hydrogen-bond acceptors (Lipinski definition) is 7. The van der Waals surface area contributed by atoms with E-state index in [-0.39, 0.29) is 27.3 Å². The number of alkyl halides is 2. The van der Waals surface area contributed by atoms with Crippen molar-refractivity contribution in [2.45, 2.75) is 57.8 Å². The lowest BCUT2D eigenvalue weighted by molar-refractivity contribution is 0.122. The van der Waals surface area contributed by atoms with Gasteiger partial charge in [0.15, 0.2) is 4.75 Å². The van der Waals surface area contributed by atoms with Gasteiger partial charge in [0.05, 0.1) is 22.6 Å². The fourth-order valence-electron chi connectivity index (χ4n) is 4.06. The van der Waals surface area contributed by atoms with Crippen molar-refractivity contribution in [2.75, 3.05) is 30.0 Å². The van der Waals surface area contributed by atoms with Crippen molar-refractivity contribution in [3.63, 3.8) is 0 Å². The highest BCUT2D eigenvalue weighted by Gasteiger charge is 2.41. The highest BCUT2D eigenvalue weighted by atomic mass is 32.2. The number of nitrogens with zero attached hydrogens (tertiary/aromatic N) is 5. The van der Waals surface area contributed by atoms with Gasteiger partial charge in [-0.2, -0.15) is 14.5 Å². The SMILES string of the molecule is Cc1cc(Nc2nccc(-c3cc(C#N)c4c(c3)[C@@](C)(CO[S+](C)C(C)(C)C)CN4)n2)n(CC(F)F)n1. The number of halogens is 2. The predicted molar refractivity (Wildman–Crippen MR) is 143 cm³/mol. The van der Waals surface area contributed by atoms with Crippen molar-refractivity contribution in [1.29, 1.82) is 5.26 Å². The van der Waals surface area contributed by atoms with Crippen molar-refractivity contribution in [2.24, 2.45) is 0 Å². The average molecular weight is 529 g/mol. The first-order valence-corrected chi connectivity index (χ1v) is 13.5. The Labute approximate surface area is 219 Å². The maximum absolute atomic E-state index is 13.0. The topological polar surface area (TPSA) is 101 Å². The number of nitrogens with one attached hydrogen (secondary N) is 2. The number of rotatable bonds is 8. The molecule has 0 fully saturated rings. The summed E-state index contributed by atoms with van der Waals surface area (Å²) < 4.78 is 33.5. The zero-order chi connectivity index (χ0) is 27.0. The average Bonchev–Trinajstić information content (AvgIpc) is 3.35. The van der Waals surface area contributed by atoms with Crippen molar-refractivity contribution in [1.82, 2.24) is 19.7 Å². The number of benzene rings is 1. The lowest BCUT2D eigenvalue weighted by atomic mass is 9.83. The molecule has 0 aliphatic carbocycles. The van der Waals surface area contributed by atoms with E-state index in [2.05, 4.69) is 65.7 Å². The summed E-state index contributed by atoms with van der Waals surface area (Å²) in [5.41, 5.74) is 4.01. The molecule has 0 radical (unpaired) electrons. The molecule has 0 saturated carbocycles. The molecule has 196 valence electrons. The van der Waals surface area contributed by atoms with E-state index in [0.717, 1.165) is 16.8 Å². The van der Waals surface area contributed by atoms with Crippen LogP contribution in [0.15, 0.2) is 30.5 Å². The fraction of sp³-hybridized carbons (Fsp3) is 0.462. The number of anilines is 3. The molecule has 1 aliphatic rings. The van der Waals surface area contributed by atoms with Gasteiger partial charge < -0.3 is 10.6 Å². The van der Waals surface area contributed by atoms with Crippen LogP contribution in [0.2, 0.25) is 0 Å². The molecule has 3 aromatic rings. The minimum absolute atomic E-state index is 0.0402. The van der Waals surface area contributed by atoms with Gasteiger partial charge in [-0.1, -0.05) is 6.92 Å². The molecule has 2 N–H and O–H groups in total. The van der Waals surface area contributed by atoms with E-state index >= 15 is 0 Å². The molecule has 0 saturated heterocycles. The Hall–Kier alpha value is -3.23. The predicted octanol–water partition coefficient (Wildman–Crippen LogP) is 5.19. The Kier molecular flexibility index (Phi) is 7.44. The van der Waals surface area contributed by atoms with E-state index in [9.17, 15) is 14.0 Å². The van der Waals surface area contributed by atoms with Crippen LogP contribution in [-0.4, -0.2) is 50.3 Å². The third-order valence-electron chi connectivity index (χ3n) is 6.39. The van der Waals surface area contributed by atoms with E-state index in [0.29, 0.717) is 35.9 Å². The van der Waals surface area contributed by atoms with Gasteiger partial charge in [0.2, 0.25) is 5.95 Å². The monoisotopic (exact) mass is 528 g/mol. The van der Waals surface area contributed by atoms with E-state index in [4.69, 9.17) is 4.18 Å². The van der Waals surface area contributed by atoms with Crippen LogP contribution < -0.4 is 10.6 Å². The first-order valence-electron chi connectivity index (χ1n) is 11.9. The summed E-state index contributed by atoms with van der Waals surface area (Å²) in [7, 11) is 0. The summed E-state index contributed by atoms with van der Waals surface area (Å²) in [4.78, 5) is 8.87. The van der Waals surface area contributed by atoms with Gasteiger partial charge in [-0.3, -0.25) is 0 Å². The van der Waals surface area contributed by atoms with Gasteiger partial charge in [-0.05, 0) is 51.5 Å². The zero-order valence-corrected chi connectivity index (χ0v) is 22.7. The molecule has 1 aliphatic heterocycles. The molecule has 8 nitrogen and oxygen atoms in total. The number of nitriles is 1.